The summed E-state index contributed by atoms with van der Waals surface area (Å²) in [5.74, 6) is -0.662. The van der Waals surface area contributed by atoms with Gasteiger partial charge in [-0.25, -0.2) is 4.98 Å². The largest absolute Gasteiger partial charge is 0.392 e. The Morgan fingerprint density at radius 2 is 1.94 bits per heavy atom. The molecule has 3 N–H and O–H groups in total. The second kappa shape index (κ2) is 11.5. The number of aromatic nitrogens is 1. The summed E-state index contributed by atoms with van der Waals surface area (Å²) < 4.78 is 0. The molecule has 0 aliphatic carbocycles. The fraction of sp³-hybridized carbons (Fsp3) is 0.238. The third-order valence-corrected chi connectivity index (χ3v) is 4.94. The minimum absolute atomic E-state index is 0.187. The first-order valence-corrected chi connectivity index (χ1v) is 10.1. The molecular formula is C21H22Cl2N4O4. The smallest absolute Gasteiger partial charge is 0.246 e. The van der Waals surface area contributed by atoms with Crippen LogP contribution in [0.3, 0.4) is 0 Å². The number of hydrogen-bond acceptors (Lipinski definition) is 5. The van der Waals surface area contributed by atoms with Crippen LogP contribution in [0, 0.1) is 0 Å². The molecule has 0 aliphatic heterocycles. The van der Waals surface area contributed by atoms with E-state index in [2.05, 4.69) is 15.6 Å². The Bertz CT molecular complexity index is 994. The van der Waals surface area contributed by atoms with Crippen molar-refractivity contribution in [3.63, 3.8) is 0 Å². The van der Waals surface area contributed by atoms with Crippen LogP contribution in [0.5, 0.6) is 0 Å². The summed E-state index contributed by atoms with van der Waals surface area (Å²) in [6.07, 6.45) is 4.31. The lowest BCUT2D eigenvalue weighted by atomic mass is 10.2. The van der Waals surface area contributed by atoms with E-state index < -0.39 is 5.91 Å². The first-order chi connectivity index (χ1) is 14.8. The maximum absolute atomic E-state index is 12.6. The van der Waals surface area contributed by atoms with Crippen molar-refractivity contribution in [2.75, 3.05) is 23.3 Å². The van der Waals surface area contributed by atoms with Crippen LogP contribution in [0.25, 0.3) is 6.08 Å². The van der Waals surface area contributed by atoms with Crippen LogP contribution in [0.15, 0.2) is 36.5 Å². The van der Waals surface area contributed by atoms with Gasteiger partial charge in [-0.2, -0.15) is 0 Å². The Kier molecular flexibility index (Phi) is 8.99. The van der Waals surface area contributed by atoms with Crippen LogP contribution in [0.1, 0.15) is 25.0 Å². The molecule has 0 aliphatic rings. The van der Waals surface area contributed by atoms with Gasteiger partial charge in [0, 0.05) is 36.3 Å². The van der Waals surface area contributed by atoms with Crippen LogP contribution in [-0.2, 0) is 21.0 Å². The van der Waals surface area contributed by atoms with Crippen molar-refractivity contribution in [2.24, 2.45) is 0 Å². The predicted molar refractivity (Wildman–Crippen MR) is 121 cm³/mol. The number of rotatable bonds is 8. The van der Waals surface area contributed by atoms with E-state index in [0.29, 0.717) is 34.2 Å². The van der Waals surface area contributed by atoms with Crippen molar-refractivity contribution >= 4 is 58.5 Å². The highest BCUT2D eigenvalue weighted by Gasteiger charge is 2.20. The van der Waals surface area contributed by atoms with Crippen LogP contribution in [0.2, 0.25) is 10.0 Å². The summed E-state index contributed by atoms with van der Waals surface area (Å²) in [7, 11) is 0. The van der Waals surface area contributed by atoms with Crippen molar-refractivity contribution in [1.82, 2.24) is 10.3 Å². The van der Waals surface area contributed by atoms with Gasteiger partial charge in [0.25, 0.3) is 0 Å². The quantitative estimate of drug-likeness (QED) is 0.519. The monoisotopic (exact) mass is 464 g/mol. The van der Waals surface area contributed by atoms with Gasteiger partial charge in [0.2, 0.25) is 17.7 Å². The van der Waals surface area contributed by atoms with E-state index >= 15 is 0 Å². The average molecular weight is 465 g/mol. The molecule has 0 radical (unpaired) electrons. The van der Waals surface area contributed by atoms with Crippen molar-refractivity contribution in [2.45, 2.75) is 20.5 Å². The van der Waals surface area contributed by atoms with Crippen LogP contribution < -0.4 is 15.5 Å². The number of carbonyl (C=O) groups excluding carboxylic acids is 3. The van der Waals surface area contributed by atoms with Gasteiger partial charge < -0.3 is 20.6 Å². The standard InChI is InChI=1S/C21H22Cl2N4O4/c1-3-27(17-7-6-16(22)15(12-28)21(17)23)20(31)11-25-19(30)9-5-14-4-8-18(24-10-14)26-13(2)29/h4-10,28H,3,11-12H2,1-2H3,(H,25,30)(H,24,26,29)/b9-5+. The van der Waals surface area contributed by atoms with Crippen LogP contribution in [-0.4, -0.2) is 40.9 Å². The Labute approximate surface area is 189 Å². The van der Waals surface area contributed by atoms with Crippen LogP contribution >= 0.6 is 23.2 Å². The SMILES string of the molecule is CCN(C(=O)CNC(=O)/C=C/c1ccc(NC(C)=O)nc1)c1ccc(Cl)c(CO)c1Cl. The Morgan fingerprint density at radius 1 is 1.19 bits per heavy atom. The summed E-state index contributed by atoms with van der Waals surface area (Å²) >= 11 is 12.3. The molecule has 0 saturated heterocycles. The molecule has 3 amide bonds. The van der Waals surface area contributed by atoms with Gasteiger partial charge in [-0.15, -0.1) is 0 Å². The number of halogens is 2. The highest BCUT2D eigenvalue weighted by Crippen LogP contribution is 2.34. The number of benzene rings is 1. The number of anilines is 2. The molecule has 1 heterocycles. The zero-order valence-electron chi connectivity index (χ0n) is 17.0. The average Bonchev–Trinajstić information content (AvgIpc) is 2.73. The molecule has 0 saturated carbocycles. The van der Waals surface area contributed by atoms with E-state index in [-0.39, 0.29) is 30.0 Å². The van der Waals surface area contributed by atoms with E-state index in [9.17, 15) is 19.5 Å². The fourth-order valence-electron chi connectivity index (χ4n) is 2.67. The Balaban J connectivity index is 1.98. The summed E-state index contributed by atoms with van der Waals surface area (Å²) in [5, 5.41) is 15.0. The lowest BCUT2D eigenvalue weighted by Gasteiger charge is -2.23. The molecule has 31 heavy (non-hydrogen) atoms. The second-order valence-electron chi connectivity index (χ2n) is 6.36. The van der Waals surface area contributed by atoms with Gasteiger partial charge in [-0.1, -0.05) is 23.2 Å². The number of carbonyl (C=O) groups is 3. The molecule has 1 aromatic heterocycles. The first kappa shape index (κ1) is 24.3. The molecule has 0 bridgehead atoms. The molecule has 10 heteroatoms. The molecule has 1 aromatic carbocycles. The lowest BCUT2D eigenvalue weighted by Crippen LogP contribution is -2.40. The van der Waals surface area contributed by atoms with Crippen molar-refractivity contribution in [3.05, 3.63) is 57.7 Å². The van der Waals surface area contributed by atoms with E-state index in [1.165, 1.54) is 30.2 Å². The molecule has 0 spiro atoms. The highest BCUT2D eigenvalue weighted by molar-refractivity contribution is 6.38. The normalized spacial score (nSPS) is 10.7. The third-order valence-electron chi connectivity index (χ3n) is 4.16. The number of hydrogen-bond donors (Lipinski definition) is 3. The van der Waals surface area contributed by atoms with Gasteiger partial charge in [-0.3, -0.25) is 14.4 Å². The van der Waals surface area contributed by atoms with Gasteiger partial charge in [0.05, 0.1) is 23.9 Å². The molecule has 2 aromatic rings. The maximum atomic E-state index is 12.6. The van der Waals surface area contributed by atoms with Crippen molar-refractivity contribution < 1.29 is 19.5 Å². The van der Waals surface area contributed by atoms with Crippen molar-refractivity contribution in [1.29, 1.82) is 0 Å². The number of amides is 3. The van der Waals surface area contributed by atoms with Gasteiger partial charge in [0.15, 0.2) is 0 Å². The summed E-state index contributed by atoms with van der Waals surface area (Å²) in [5.41, 5.74) is 1.38. The van der Waals surface area contributed by atoms with E-state index in [0.717, 1.165) is 0 Å². The molecule has 164 valence electrons. The Hall–Kier alpha value is -2.94. The maximum Gasteiger partial charge on any atom is 0.246 e. The van der Waals surface area contributed by atoms with E-state index in [4.69, 9.17) is 23.2 Å². The molecule has 0 unspecified atom stereocenters. The minimum Gasteiger partial charge on any atom is -0.392 e. The third kappa shape index (κ3) is 6.78. The summed E-state index contributed by atoms with van der Waals surface area (Å²) in [6.45, 7) is 2.85. The number of nitrogens with zero attached hydrogens (tertiary/aromatic N) is 2. The number of aliphatic hydroxyl groups is 1. The zero-order chi connectivity index (χ0) is 23.0. The zero-order valence-corrected chi connectivity index (χ0v) is 18.5. The van der Waals surface area contributed by atoms with Gasteiger partial charge in [-0.05, 0) is 42.8 Å². The van der Waals surface area contributed by atoms with E-state index in [1.54, 1.807) is 31.2 Å². The molecule has 8 nitrogen and oxygen atoms in total. The molecule has 2 rings (SSSR count). The predicted octanol–water partition coefficient (Wildman–Crippen LogP) is 3.02. The topological polar surface area (TPSA) is 112 Å². The number of pyridine rings is 1. The number of nitrogens with one attached hydrogen (secondary N) is 2. The molecule has 0 atom stereocenters. The van der Waals surface area contributed by atoms with Gasteiger partial charge in [0.1, 0.15) is 5.82 Å². The summed E-state index contributed by atoms with van der Waals surface area (Å²) in [4.78, 5) is 41.1. The number of likely N-dealkylation sites (N-methyl/N-ethyl adjacent to an activating group) is 1. The minimum atomic E-state index is -0.464. The van der Waals surface area contributed by atoms with E-state index in [1.807, 2.05) is 0 Å². The fourth-order valence-corrected chi connectivity index (χ4v) is 3.26. The van der Waals surface area contributed by atoms with Crippen LogP contribution in [0.4, 0.5) is 11.5 Å². The first-order valence-electron chi connectivity index (χ1n) is 9.34. The highest BCUT2D eigenvalue weighted by atomic mass is 35.5. The second-order valence-corrected chi connectivity index (χ2v) is 7.15. The Morgan fingerprint density at radius 3 is 2.52 bits per heavy atom. The van der Waals surface area contributed by atoms with Crippen molar-refractivity contribution in [3.8, 4) is 0 Å². The van der Waals surface area contributed by atoms with Gasteiger partial charge >= 0.3 is 0 Å². The molecular weight excluding hydrogens is 443 g/mol. The summed E-state index contributed by atoms with van der Waals surface area (Å²) in [6, 6.07) is 6.44. The molecule has 0 fully saturated rings. The number of aliphatic hydroxyl groups excluding tert-OH is 1. The lowest BCUT2D eigenvalue weighted by molar-refractivity contribution is -0.122.